The minimum Gasteiger partial charge on any atom is -0.392 e. The Hall–Kier alpha value is -0.910. The van der Waals surface area contributed by atoms with E-state index < -0.39 is 6.10 Å². The number of amides is 1. The van der Waals surface area contributed by atoms with E-state index in [0.717, 1.165) is 10.0 Å². The molecule has 1 fully saturated rings. The zero-order valence-corrected chi connectivity index (χ0v) is 10.9. The molecule has 2 atom stereocenters. The van der Waals surface area contributed by atoms with Crippen LogP contribution in [0.15, 0.2) is 28.7 Å². The summed E-state index contributed by atoms with van der Waals surface area (Å²) in [6, 6.07) is 7.54. The van der Waals surface area contributed by atoms with Crippen LogP contribution in [0.2, 0.25) is 0 Å². The highest BCUT2D eigenvalue weighted by Gasteiger charge is 2.27. The smallest absolute Gasteiger partial charge is 0.237 e. The highest BCUT2D eigenvalue weighted by molar-refractivity contribution is 9.10. The molecule has 0 aromatic heterocycles. The topological polar surface area (TPSA) is 61.4 Å². The van der Waals surface area contributed by atoms with Gasteiger partial charge in [-0.05, 0) is 24.1 Å². The van der Waals surface area contributed by atoms with Gasteiger partial charge in [-0.1, -0.05) is 28.1 Å². The molecule has 0 unspecified atom stereocenters. The Morgan fingerprint density at radius 2 is 2.41 bits per heavy atom. The van der Waals surface area contributed by atoms with E-state index in [1.54, 1.807) is 0 Å². The molecule has 3 N–H and O–H groups in total. The molecule has 2 rings (SSSR count). The number of nitrogens with one attached hydrogen (secondary N) is 2. The fraction of sp³-hybridized carbons (Fsp3) is 0.417. The van der Waals surface area contributed by atoms with Crippen molar-refractivity contribution >= 4 is 21.8 Å². The molecule has 17 heavy (non-hydrogen) atoms. The van der Waals surface area contributed by atoms with Crippen molar-refractivity contribution in [3.8, 4) is 0 Å². The molecule has 1 aliphatic rings. The Morgan fingerprint density at radius 1 is 1.59 bits per heavy atom. The fourth-order valence-corrected chi connectivity index (χ4v) is 2.32. The summed E-state index contributed by atoms with van der Waals surface area (Å²) in [5.74, 6) is -0.0541. The molecule has 1 amide bonds. The van der Waals surface area contributed by atoms with E-state index in [1.165, 1.54) is 0 Å². The van der Waals surface area contributed by atoms with Crippen molar-refractivity contribution in [1.29, 1.82) is 0 Å². The second-order valence-corrected chi connectivity index (χ2v) is 5.11. The highest BCUT2D eigenvalue weighted by Crippen LogP contribution is 2.12. The van der Waals surface area contributed by atoms with Crippen LogP contribution in [0.4, 0.5) is 0 Å². The molecule has 1 heterocycles. The molecule has 92 valence electrons. The van der Waals surface area contributed by atoms with E-state index in [1.807, 2.05) is 24.3 Å². The van der Waals surface area contributed by atoms with Crippen molar-refractivity contribution in [1.82, 2.24) is 10.6 Å². The Labute approximate surface area is 109 Å². The molecule has 0 spiro atoms. The summed E-state index contributed by atoms with van der Waals surface area (Å²) in [5, 5.41) is 15.2. The molecule has 0 aliphatic carbocycles. The normalized spacial score (nSPS) is 23.6. The number of hydrogen-bond donors (Lipinski definition) is 3. The second-order valence-electron chi connectivity index (χ2n) is 4.20. The molecule has 1 aromatic rings. The standard InChI is InChI=1S/C12H15BrN2O2/c13-9-3-1-2-8(4-9)6-15-12(17)11-5-10(16)7-14-11/h1-4,10-11,14,16H,5-7H2,(H,15,17)/t10-,11-/m1/s1. The number of rotatable bonds is 3. The monoisotopic (exact) mass is 298 g/mol. The third kappa shape index (κ3) is 3.52. The van der Waals surface area contributed by atoms with Crippen molar-refractivity contribution in [2.24, 2.45) is 0 Å². The maximum Gasteiger partial charge on any atom is 0.237 e. The van der Waals surface area contributed by atoms with Crippen LogP contribution in [-0.4, -0.2) is 29.7 Å². The summed E-state index contributed by atoms with van der Waals surface area (Å²) in [6.07, 6.45) is 0.0845. The predicted molar refractivity (Wildman–Crippen MR) is 68.4 cm³/mol. The Balaban J connectivity index is 1.84. The number of hydrogen-bond acceptors (Lipinski definition) is 3. The Kier molecular flexibility index (Phi) is 4.15. The van der Waals surface area contributed by atoms with Gasteiger partial charge in [0.05, 0.1) is 12.1 Å². The fourth-order valence-electron chi connectivity index (χ4n) is 1.88. The van der Waals surface area contributed by atoms with Crippen molar-refractivity contribution in [3.05, 3.63) is 34.3 Å². The molecule has 0 radical (unpaired) electrons. The van der Waals surface area contributed by atoms with Gasteiger partial charge in [0.15, 0.2) is 0 Å². The van der Waals surface area contributed by atoms with Gasteiger partial charge in [0, 0.05) is 17.6 Å². The van der Waals surface area contributed by atoms with E-state index in [9.17, 15) is 9.90 Å². The van der Waals surface area contributed by atoms with E-state index in [2.05, 4.69) is 26.6 Å². The van der Waals surface area contributed by atoms with Gasteiger partial charge >= 0.3 is 0 Å². The third-order valence-electron chi connectivity index (χ3n) is 2.78. The molecule has 4 nitrogen and oxygen atoms in total. The lowest BCUT2D eigenvalue weighted by Crippen LogP contribution is -2.39. The van der Waals surface area contributed by atoms with Gasteiger partial charge in [-0.3, -0.25) is 4.79 Å². The quantitative estimate of drug-likeness (QED) is 0.773. The lowest BCUT2D eigenvalue weighted by molar-refractivity contribution is -0.123. The molecule has 0 saturated carbocycles. The summed E-state index contributed by atoms with van der Waals surface area (Å²) >= 11 is 3.39. The van der Waals surface area contributed by atoms with Crippen LogP contribution in [0, 0.1) is 0 Å². The molecule has 5 heteroatoms. The first-order chi connectivity index (χ1) is 8.15. The molecular weight excluding hydrogens is 284 g/mol. The Bertz CT molecular complexity index is 411. The van der Waals surface area contributed by atoms with Gasteiger partial charge in [0.2, 0.25) is 5.91 Å². The van der Waals surface area contributed by atoms with Crippen molar-refractivity contribution in [2.45, 2.75) is 25.1 Å². The number of halogens is 1. The number of β-amino-alcohol motifs (C(OH)–C–C–N with tert-alkyl or cyclic N) is 1. The number of aliphatic hydroxyl groups excluding tert-OH is 1. The second kappa shape index (κ2) is 5.62. The van der Waals surface area contributed by atoms with Gasteiger partial charge in [-0.15, -0.1) is 0 Å². The number of aliphatic hydroxyl groups is 1. The van der Waals surface area contributed by atoms with Crippen molar-refractivity contribution in [3.63, 3.8) is 0 Å². The summed E-state index contributed by atoms with van der Waals surface area (Å²) in [4.78, 5) is 11.8. The van der Waals surface area contributed by atoms with Gasteiger partial charge < -0.3 is 15.7 Å². The average molecular weight is 299 g/mol. The minimum absolute atomic E-state index is 0.0541. The summed E-state index contributed by atoms with van der Waals surface area (Å²) in [5.41, 5.74) is 1.05. The number of carbonyl (C=O) groups excluding carboxylic acids is 1. The molecule has 1 aliphatic heterocycles. The Morgan fingerprint density at radius 3 is 3.06 bits per heavy atom. The third-order valence-corrected chi connectivity index (χ3v) is 3.27. The van der Waals surface area contributed by atoms with Crippen LogP contribution < -0.4 is 10.6 Å². The van der Waals surface area contributed by atoms with E-state index in [0.29, 0.717) is 19.5 Å². The summed E-state index contributed by atoms with van der Waals surface area (Å²) in [7, 11) is 0. The highest BCUT2D eigenvalue weighted by atomic mass is 79.9. The van der Waals surface area contributed by atoms with E-state index in [-0.39, 0.29) is 11.9 Å². The molecule has 1 aromatic carbocycles. The first-order valence-corrected chi connectivity index (χ1v) is 6.38. The SMILES string of the molecule is O=C(NCc1cccc(Br)c1)[C@H]1C[C@@H](O)CN1. The van der Waals surface area contributed by atoms with Gasteiger partial charge in [-0.2, -0.15) is 0 Å². The summed E-state index contributed by atoms with van der Waals surface area (Å²) < 4.78 is 0.999. The predicted octanol–water partition coefficient (Wildman–Crippen LogP) is 0.788. The first kappa shape index (κ1) is 12.5. The zero-order valence-electron chi connectivity index (χ0n) is 9.32. The van der Waals surface area contributed by atoms with Crippen molar-refractivity contribution < 1.29 is 9.90 Å². The van der Waals surface area contributed by atoms with Crippen molar-refractivity contribution in [2.75, 3.05) is 6.54 Å². The number of benzene rings is 1. The van der Waals surface area contributed by atoms with Gasteiger partial charge in [0.25, 0.3) is 0 Å². The molecule has 0 bridgehead atoms. The molecule has 1 saturated heterocycles. The zero-order chi connectivity index (χ0) is 12.3. The van der Waals surface area contributed by atoms with Crippen LogP contribution in [0.25, 0.3) is 0 Å². The molecular formula is C12H15BrN2O2. The van der Waals surface area contributed by atoms with Crippen LogP contribution in [-0.2, 0) is 11.3 Å². The van der Waals surface area contributed by atoms with E-state index >= 15 is 0 Å². The van der Waals surface area contributed by atoms with Crippen LogP contribution in [0.3, 0.4) is 0 Å². The minimum atomic E-state index is -0.406. The van der Waals surface area contributed by atoms with Gasteiger partial charge in [-0.25, -0.2) is 0 Å². The van der Waals surface area contributed by atoms with E-state index in [4.69, 9.17) is 0 Å². The largest absolute Gasteiger partial charge is 0.392 e. The van der Waals surface area contributed by atoms with Gasteiger partial charge in [0.1, 0.15) is 0 Å². The lowest BCUT2D eigenvalue weighted by atomic mass is 10.2. The van der Waals surface area contributed by atoms with Crippen LogP contribution >= 0.6 is 15.9 Å². The maximum absolute atomic E-state index is 11.8. The first-order valence-electron chi connectivity index (χ1n) is 5.59. The summed E-state index contributed by atoms with van der Waals surface area (Å²) in [6.45, 7) is 1.00. The van der Waals surface area contributed by atoms with Crippen LogP contribution in [0.1, 0.15) is 12.0 Å². The average Bonchev–Trinajstić information content (AvgIpc) is 2.73. The maximum atomic E-state index is 11.8. The number of carbonyl (C=O) groups is 1. The lowest BCUT2D eigenvalue weighted by Gasteiger charge is -2.11. The van der Waals surface area contributed by atoms with Crippen LogP contribution in [0.5, 0.6) is 0 Å².